The van der Waals surface area contributed by atoms with Crippen LogP contribution >= 0.6 is 12.2 Å². The van der Waals surface area contributed by atoms with E-state index in [0.29, 0.717) is 11.6 Å². The van der Waals surface area contributed by atoms with Gasteiger partial charge in [-0.15, -0.1) is 0 Å². The molecule has 1 aliphatic rings. The van der Waals surface area contributed by atoms with Crippen LogP contribution in [0.1, 0.15) is 44.6 Å². The normalized spacial score (nSPS) is 16.1. The molecule has 0 saturated heterocycles. The van der Waals surface area contributed by atoms with E-state index in [0.717, 1.165) is 30.4 Å². The molecular formula is C17H26N2OS. The van der Waals surface area contributed by atoms with Gasteiger partial charge in [0.25, 0.3) is 0 Å². The van der Waals surface area contributed by atoms with Gasteiger partial charge in [0.05, 0.1) is 5.56 Å². The minimum Gasteiger partial charge on any atom is -0.492 e. The largest absolute Gasteiger partial charge is 0.492 e. The van der Waals surface area contributed by atoms with Gasteiger partial charge in [0.1, 0.15) is 17.3 Å². The fourth-order valence-corrected chi connectivity index (χ4v) is 3.28. The van der Waals surface area contributed by atoms with Gasteiger partial charge in [-0.1, -0.05) is 50.5 Å². The van der Waals surface area contributed by atoms with Crippen LogP contribution in [0, 0.1) is 0 Å². The van der Waals surface area contributed by atoms with Crippen LogP contribution in [0.15, 0.2) is 24.3 Å². The van der Waals surface area contributed by atoms with E-state index in [1.165, 1.54) is 32.1 Å². The van der Waals surface area contributed by atoms with Gasteiger partial charge >= 0.3 is 0 Å². The summed E-state index contributed by atoms with van der Waals surface area (Å²) in [7, 11) is 0. The molecule has 0 spiro atoms. The average molecular weight is 306 g/mol. The number of para-hydroxylation sites is 1. The van der Waals surface area contributed by atoms with E-state index in [4.69, 9.17) is 22.7 Å². The molecule has 0 bridgehead atoms. The van der Waals surface area contributed by atoms with Crippen molar-refractivity contribution in [1.29, 1.82) is 0 Å². The van der Waals surface area contributed by atoms with Gasteiger partial charge in [0.2, 0.25) is 0 Å². The number of nitrogens with two attached hydrogens (primary N) is 1. The molecule has 0 heterocycles. The number of ether oxygens (including phenoxy) is 1. The fraction of sp³-hybridized carbons (Fsp3) is 0.588. The molecule has 4 heteroatoms. The highest BCUT2D eigenvalue weighted by Gasteiger charge is 2.19. The lowest BCUT2D eigenvalue weighted by molar-refractivity contribution is 0.137. The summed E-state index contributed by atoms with van der Waals surface area (Å²) in [6.45, 7) is 4.97. The summed E-state index contributed by atoms with van der Waals surface area (Å²) >= 11 is 5.06. The summed E-state index contributed by atoms with van der Waals surface area (Å²) in [6, 6.07) is 8.47. The topological polar surface area (TPSA) is 38.5 Å². The molecule has 116 valence electrons. The lowest BCUT2D eigenvalue weighted by Gasteiger charge is -2.33. The maximum Gasteiger partial charge on any atom is 0.129 e. The van der Waals surface area contributed by atoms with Gasteiger partial charge in [-0.05, 0) is 31.5 Å². The first-order chi connectivity index (χ1) is 10.2. The molecule has 0 aromatic heterocycles. The van der Waals surface area contributed by atoms with E-state index in [9.17, 15) is 0 Å². The van der Waals surface area contributed by atoms with E-state index >= 15 is 0 Å². The Labute approximate surface area is 133 Å². The molecule has 1 aromatic carbocycles. The van der Waals surface area contributed by atoms with Crippen molar-refractivity contribution >= 4 is 17.2 Å². The zero-order valence-corrected chi connectivity index (χ0v) is 13.7. The zero-order chi connectivity index (χ0) is 15.1. The van der Waals surface area contributed by atoms with Gasteiger partial charge in [-0.3, -0.25) is 4.90 Å². The van der Waals surface area contributed by atoms with Gasteiger partial charge in [-0.2, -0.15) is 0 Å². The third-order valence-electron chi connectivity index (χ3n) is 4.29. The van der Waals surface area contributed by atoms with Crippen molar-refractivity contribution in [3.8, 4) is 5.75 Å². The van der Waals surface area contributed by atoms with Crippen LogP contribution < -0.4 is 10.5 Å². The molecule has 2 rings (SSSR count). The molecule has 1 saturated carbocycles. The summed E-state index contributed by atoms with van der Waals surface area (Å²) in [6.07, 6.45) is 6.79. The van der Waals surface area contributed by atoms with E-state index < -0.39 is 0 Å². The summed E-state index contributed by atoms with van der Waals surface area (Å²) in [5.74, 6) is 0.796. The fourth-order valence-electron chi connectivity index (χ4n) is 3.11. The predicted molar refractivity (Wildman–Crippen MR) is 91.9 cm³/mol. The zero-order valence-electron chi connectivity index (χ0n) is 12.9. The average Bonchev–Trinajstić information content (AvgIpc) is 2.52. The van der Waals surface area contributed by atoms with Gasteiger partial charge < -0.3 is 10.5 Å². The van der Waals surface area contributed by atoms with Crippen molar-refractivity contribution in [2.24, 2.45) is 5.73 Å². The highest BCUT2D eigenvalue weighted by atomic mass is 32.1. The van der Waals surface area contributed by atoms with Crippen molar-refractivity contribution in [3.05, 3.63) is 29.8 Å². The van der Waals surface area contributed by atoms with Crippen molar-refractivity contribution in [3.63, 3.8) is 0 Å². The Morgan fingerprint density at radius 2 is 2.00 bits per heavy atom. The first-order valence-corrected chi connectivity index (χ1v) is 8.39. The van der Waals surface area contributed by atoms with Crippen LogP contribution in [0.2, 0.25) is 0 Å². The minimum atomic E-state index is 0.394. The van der Waals surface area contributed by atoms with Crippen LogP contribution in [0.3, 0.4) is 0 Å². The Morgan fingerprint density at radius 3 is 2.67 bits per heavy atom. The standard InChI is InChI=1S/C17H26N2OS/c1-2-19(14-8-4-3-5-9-14)12-13-20-16-11-7-6-10-15(16)17(18)21/h6-7,10-11,14H,2-5,8-9,12-13H2,1H3,(H2,18,21). The first-order valence-electron chi connectivity index (χ1n) is 7.98. The van der Waals surface area contributed by atoms with Crippen molar-refractivity contribution in [2.45, 2.75) is 45.1 Å². The maximum absolute atomic E-state index is 5.91. The highest BCUT2D eigenvalue weighted by Crippen LogP contribution is 2.22. The van der Waals surface area contributed by atoms with Crippen LogP contribution in [0.5, 0.6) is 5.75 Å². The minimum absolute atomic E-state index is 0.394. The molecule has 1 fully saturated rings. The summed E-state index contributed by atoms with van der Waals surface area (Å²) in [4.78, 5) is 2.94. The lowest BCUT2D eigenvalue weighted by atomic mass is 9.94. The monoisotopic (exact) mass is 306 g/mol. The number of benzene rings is 1. The third kappa shape index (κ3) is 4.68. The molecule has 3 nitrogen and oxygen atoms in total. The van der Waals surface area contributed by atoms with E-state index in [2.05, 4.69) is 11.8 Å². The summed E-state index contributed by atoms with van der Waals surface area (Å²) in [5.41, 5.74) is 6.56. The van der Waals surface area contributed by atoms with Crippen LogP contribution in [0.25, 0.3) is 0 Å². The molecule has 21 heavy (non-hydrogen) atoms. The number of rotatable bonds is 7. The van der Waals surface area contributed by atoms with Crippen LogP contribution in [0.4, 0.5) is 0 Å². The summed E-state index contributed by atoms with van der Waals surface area (Å²) in [5, 5.41) is 0. The Kier molecular flexibility index (Phi) is 6.46. The van der Waals surface area contributed by atoms with Gasteiger partial charge in [0.15, 0.2) is 0 Å². The molecule has 0 aliphatic heterocycles. The Balaban J connectivity index is 1.86. The second-order valence-electron chi connectivity index (χ2n) is 5.63. The highest BCUT2D eigenvalue weighted by molar-refractivity contribution is 7.80. The van der Waals surface area contributed by atoms with E-state index in [1.54, 1.807) is 0 Å². The number of thiocarbonyl (C=S) groups is 1. The molecule has 1 aromatic rings. The Bertz CT molecular complexity index is 458. The molecule has 2 N–H and O–H groups in total. The predicted octanol–water partition coefficient (Wildman–Crippen LogP) is 3.35. The Morgan fingerprint density at radius 1 is 1.29 bits per heavy atom. The lowest BCUT2D eigenvalue weighted by Crippen LogP contribution is -2.39. The second-order valence-corrected chi connectivity index (χ2v) is 6.07. The molecular weight excluding hydrogens is 280 g/mol. The summed E-state index contributed by atoms with van der Waals surface area (Å²) < 4.78 is 5.91. The van der Waals surface area contributed by atoms with Gasteiger partial charge in [-0.25, -0.2) is 0 Å². The molecule has 0 radical (unpaired) electrons. The van der Waals surface area contributed by atoms with Crippen LogP contribution in [-0.2, 0) is 0 Å². The molecule has 1 aliphatic carbocycles. The smallest absolute Gasteiger partial charge is 0.129 e. The molecule has 0 atom stereocenters. The number of hydrogen-bond acceptors (Lipinski definition) is 3. The first kappa shape index (κ1) is 16.2. The van der Waals surface area contributed by atoms with Crippen molar-refractivity contribution in [1.82, 2.24) is 4.90 Å². The van der Waals surface area contributed by atoms with Crippen molar-refractivity contribution in [2.75, 3.05) is 19.7 Å². The molecule has 0 amide bonds. The van der Waals surface area contributed by atoms with Crippen LogP contribution in [-0.4, -0.2) is 35.6 Å². The third-order valence-corrected chi connectivity index (χ3v) is 4.51. The maximum atomic E-state index is 5.91. The second kappa shape index (κ2) is 8.35. The van der Waals surface area contributed by atoms with Crippen molar-refractivity contribution < 1.29 is 4.74 Å². The Hall–Kier alpha value is -1.13. The number of nitrogens with zero attached hydrogens (tertiary/aromatic N) is 1. The SMILES string of the molecule is CCN(CCOc1ccccc1C(N)=S)C1CCCCC1. The number of likely N-dealkylation sites (N-methyl/N-ethyl adjacent to an activating group) is 1. The molecule has 0 unspecified atom stereocenters. The van der Waals surface area contributed by atoms with E-state index in [1.807, 2.05) is 24.3 Å². The quantitative estimate of drug-likeness (QED) is 0.784. The van der Waals surface area contributed by atoms with Gasteiger partial charge in [0, 0.05) is 12.6 Å². The number of hydrogen-bond donors (Lipinski definition) is 1. The van der Waals surface area contributed by atoms with E-state index in [-0.39, 0.29) is 0 Å².